The Morgan fingerprint density at radius 2 is 1.77 bits per heavy atom. The molecule has 2 atom stereocenters. The molecule has 2 N–H and O–H groups in total. The van der Waals surface area contributed by atoms with Crippen molar-refractivity contribution >= 4 is 11.9 Å². The van der Waals surface area contributed by atoms with Gasteiger partial charge in [-0.1, -0.05) is 36.8 Å². The molecule has 1 aliphatic rings. The number of nitrogens with one attached hydrogen (secondary N) is 1. The summed E-state index contributed by atoms with van der Waals surface area (Å²) in [5, 5.41) is 11.8. The van der Waals surface area contributed by atoms with Gasteiger partial charge in [0.1, 0.15) is 0 Å². The van der Waals surface area contributed by atoms with Gasteiger partial charge >= 0.3 is 5.97 Å². The molecule has 3 rings (SSSR count). The van der Waals surface area contributed by atoms with Crippen molar-refractivity contribution in [2.75, 3.05) is 0 Å². The maximum absolute atomic E-state index is 12.2. The molecule has 2 aromatic rings. The summed E-state index contributed by atoms with van der Waals surface area (Å²) in [6.07, 6.45) is 3.01. The minimum atomic E-state index is -1.18. The summed E-state index contributed by atoms with van der Waals surface area (Å²) in [5.41, 5.74) is 1.22. The zero-order valence-electron chi connectivity index (χ0n) is 12.0. The number of hydrogen-bond acceptors (Lipinski definition) is 3. The Balaban J connectivity index is 1.71. The number of hydrogen-bond donors (Lipinski definition) is 2. The van der Waals surface area contributed by atoms with Crippen molar-refractivity contribution in [3.63, 3.8) is 0 Å². The molecular formula is C17H17NO4. The normalized spacial score (nSPS) is 20.7. The molecular weight excluding hydrogens is 282 g/mol. The van der Waals surface area contributed by atoms with E-state index in [9.17, 15) is 9.59 Å². The molecule has 5 nitrogen and oxygen atoms in total. The monoisotopic (exact) mass is 299 g/mol. The Morgan fingerprint density at radius 3 is 2.45 bits per heavy atom. The molecule has 1 aromatic heterocycles. The van der Waals surface area contributed by atoms with Crippen LogP contribution in [0.25, 0.3) is 0 Å². The quantitative estimate of drug-likeness (QED) is 0.909. The molecule has 0 spiro atoms. The average Bonchev–Trinajstić information content (AvgIpc) is 3.17. The first kappa shape index (κ1) is 14.4. The van der Waals surface area contributed by atoms with Crippen LogP contribution in [0.1, 0.15) is 51.9 Å². The largest absolute Gasteiger partial charge is 0.475 e. The summed E-state index contributed by atoms with van der Waals surface area (Å²) in [7, 11) is 0. The van der Waals surface area contributed by atoms with Crippen molar-refractivity contribution in [3.8, 4) is 0 Å². The Morgan fingerprint density at radius 1 is 1.05 bits per heavy atom. The summed E-state index contributed by atoms with van der Waals surface area (Å²) < 4.78 is 5.05. The Bertz CT molecular complexity index is 677. The van der Waals surface area contributed by atoms with E-state index in [1.54, 1.807) is 0 Å². The smallest absolute Gasteiger partial charge is 0.371 e. The highest BCUT2D eigenvalue weighted by molar-refractivity contribution is 5.93. The Labute approximate surface area is 127 Å². The highest BCUT2D eigenvalue weighted by Gasteiger charge is 2.30. The minimum Gasteiger partial charge on any atom is -0.475 e. The maximum atomic E-state index is 12.2. The lowest BCUT2D eigenvalue weighted by Crippen LogP contribution is -2.36. The summed E-state index contributed by atoms with van der Waals surface area (Å²) in [6, 6.07) is 12.9. The van der Waals surface area contributed by atoms with Crippen molar-refractivity contribution < 1.29 is 19.1 Å². The van der Waals surface area contributed by atoms with Crippen LogP contribution in [0.4, 0.5) is 0 Å². The zero-order chi connectivity index (χ0) is 15.5. The molecule has 0 bridgehead atoms. The van der Waals surface area contributed by atoms with Crippen LogP contribution >= 0.6 is 0 Å². The lowest BCUT2D eigenvalue weighted by Gasteiger charge is -2.20. The van der Waals surface area contributed by atoms with E-state index in [4.69, 9.17) is 9.52 Å². The number of carbonyl (C=O) groups excluding carboxylic acids is 1. The first-order valence-corrected chi connectivity index (χ1v) is 7.34. The van der Waals surface area contributed by atoms with Gasteiger partial charge in [0.15, 0.2) is 5.76 Å². The van der Waals surface area contributed by atoms with Gasteiger partial charge in [-0.2, -0.15) is 0 Å². The molecule has 0 radical (unpaired) electrons. The van der Waals surface area contributed by atoms with Crippen molar-refractivity contribution in [2.45, 2.75) is 31.2 Å². The third-order valence-corrected chi connectivity index (χ3v) is 4.10. The number of furan rings is 1. The molecule has 0 aliphatic heterocycles. The molecule has 114 valence electrons. The highest BCUT2D eigenvalue weighted by atomic mass is 16.4. The van der Waals surface area contributed by atoms with E-state index in [0.29, 0.717) is 5.92 Å². The van der Waals surface area contributed by atoms with E-state index in [1.165, 1.54) is 17.7 Å². The maximum Gasteiger partial charge on any atom is 0.371 e. The minimum absolute atomic E-state index is 0.0381. The van der Waals surface area contributed by atoms with Gasteiger partial charge in [-0.15, -0.1) is 0 Å². The number of amides is 1. The van der Waals surface area contributed by atoms with Gasteiger partial charge in [0.05, 0.1) is 0 Å². The van der Waals surface area contributed by atoms with Gasteiger partial charge in [-0.05, 0) is 30.5 Å². The number of carboxylic acid groups (broad SMARTS) is 1. The predicted octanol–water partition coefficient (Wildman–Crippen LogP) is 3.04. The molecule has 1 heterocycles. The summed E-state index contributed by atoms with van der Waals surface area (Å²) in [6.45, 7) is 0. The fourth-order valence-corrected chi connectivity index (χ4v) is 3.05. The molecule has 1 fully saturated rings. The molecule has 0 saturated heterocycles. The van der Waals surface area contributed by atoms with Gasteiger partial charge in [-0.3, -0.25) is 4.79 Å². The molecule has 1 aliphatic carbocycles. The van der Waals surface area contributed by atoms with Crippen molar-refractivity contribution in [1.29, 1.82) is 0 Å². The highest BCUT2D eigenvalue weighted by Crippen LogP contribution is 2.34. The van der Waals surface area contributed by atoms with E-state index < -0.39 is 5.97 Å². The first-order chi connectivity index (χ1) is 10.6. The van der Waals surface area contributed by atoms with Crippen molar-refractivity contribution in [2.24, 2.45) is 0 Å². The van der Waals surface area contributed by atoms with Crippen LogP contribution in [-0.4, -0.2) is 23.0 Å². The second-order valence-electron chi connectivity index (χ2n) is 5.50. The van der Waals surface area contributed by atoms with Gasteiger partial charge in [-0.25, -0.2) is 4.79 Å². The van der Waals surface area contributed by atoms with Gasteiger partial charge in [0.25, 0.3) is 5.91 Å². The SMILES string of the molecule is O=C(O)c1ccc(C(=O)N[C@@H]2CCC[C@H]2c2ccccc2)o1. The van der Waals surface area contributed by atoms with Crippen LogP contribution < -0.4 is 5.32 Å². The lowest BCUT2D eigenvalue weighted by molar-refractivity contribution is 0.0659. The fourth-order valence-electron chi connectivity index (χ4n) is 3.05. The predicted molar refractivity (Wildman–Crippen MR) is 80.0 cm³/mol. The second-order valence-corrected chi connectivity index (χ2v) is 5.50. The first-order valence-electron chi connectivity index (χ1n) is 7.34. The molecule has 1 saturated carbocycles. The van der Waals surface area contributed by atoms with E-state index >= 15 is 0 Å². The van der Waals surface area contributed by atoms with Crippen LogP contribution in [0.2, 0.25) is 0 Å². The Kier molecular flexibility index (Phi) is 3.96. The van der Waals surface area contributed by atoms with Crippen molar-refractivity contribution in [3.05, 3.63) is 59.5 Å². The third-order valence-electron chi connectivity index (χ3n) is 4.10. The fraction of sp³-hybridized carbons (Fsp3) is 0.294. The molecule has 1 aromatic carbocycles. The average molecular weight is 299 g/mol. The number of rotatable bonds is 4. The van der Waals surface area contributed by atoms with E-state index in [2.05, 4.69) is 17.4 Å². The van der Waals surface area contributed by atoms with Crippen LogP contribution in [-0.2, 0) is 0 Å². The van der Waals surface area contributed by atoms with Crippen LogP contribution in [0, 0.1) is 0 Å². The number of benzene rings is 1. The summed E-state index contributed by atoms with van der Waals surface area (Å²) in [4.78, 5) is 23.0. The summed E-state index contributed by atoms with van der Waals surface area (Å²) in [5.74, 6) is -1.44. The molecule has 5 heteroatoms. The third kappa shape index (κ3) is 2.88. The van der Waals surface area contributed by atoms with E-state index in [0.717, 1.165) is 19.3 Å². The van der Waals surface area contributed by atoms with Crippen LogP contribution in [0.3, 0.4) is 0 Å². The Hall–Kier alpha value is -2.56. The second kappa shape index (κ2) is 6.05. The zero-order valence-corrected chi connectivity index (χ0v) is 12.0. The molecule has 1 amide bonds. The van der Waals surface area contributed by atoms with E-state index in [-0.39, 0.29) is 23.5 Å². The van der Waals surface area contributed by atoms with Crippen LogP contribution in [0.15, 0.2) is 46.9 Å². The molecule has 22 heavy (non-hydrogen) atoms. The van der Waals surface area contributed by atoms with Gasteiger partial charge < -0.3 is 14.8 Å². The van der Waals surface area contributed by atoms with Crippen LogP contribution in [0.5, 0.6) is 0 Å². The standard InChI is InChI=1S/C17H17NO4/c19-16(14-9-10-15(22-14)17(20)21)18-13-8-4-7-12(13)11-5-2-1-3-6-11/h1-3,5-6,9-10,12-13H,4,7-8H2,(H,18,19)(H,20,21)/t12-,13+/m0/s1. The van der Waals surface area contributed by atoms with Gasteiger partial charge in [0.2, 0.25) is 5.76 Å². The summed E-state index contributed by atoms with van der Waals surface area (Å²) >= 11 is 0. The topological polar surface area (TPSA) is 79.5 Å². The van der Waals surface area contributed by atoms with Gasteiger partial charge in [0, 0.05) is 12.0 Å². The number of aromatic carboxylic acids is 1. The lowest BCUT2D eigenvalue weighted by atomic mass is 9.94. The molecule has 0 unspecified atom stereocenters. The number of carbonyl (C=O) groups is 2. The van der Waals surface area contributed by atoms with E-state index in [1.807, 2.05) is 18.2 Å². The number of carboxylic acids is 1. The van der Waals surface area contributed by atoms with Crippen molar-refractivity contribution in [1.82, 2.24) is 5.32 Å².